The monoisotopic (exact) mass is 334 g/mol. The molecule has 4 heteroatoms. The third-order valence-corrected chi connectivity index (χ3v) is 5.15. The second kappa shape index (κ2) is 6.05. The van der Waals surface area contributed by atoms with Crippen molar-refractivity contribution in [2.45, 2.75) is 38.3 Å². The van der Waals surface area contributed by atoms with E-state index in [1.54, 1.807) is 0 Å². The Hall–Kier alpha value is -2.59. The molecule has 25 heavy (non-hydrogen) atoms. The Kier molecular flexibility index (Phi) is 3.85. The molecule has 0 spiro atoms. The minimum Gasteiger partial charge on any atom is -0.480 e. The summed E-state index contributed by atoms with van der Waals surface area (Å²) in [5.41, 5.74) is 5.62. The van der Waals surface area contributed by atoms with Gasteiger partial charge in [0, 0.05) is 23.0 Å². The average Bonchev–Trinajstić information content (AvgIpc) is 2.99. The van der Waals surface area contributed by atoms with E-state index in [1.807, 2.05) is 18.2 Å². The first-order chi connectivity index (χ1) is 12.0. The van der Waals surface area contributed by atoms with E-state index in [1.165, 1.54) is 5.56 Å². The van der Waals surface area contributed by atoms with Crippen molar-refractivity contribution >= 4 is 16.9 Å². The Morgan fingerprint density at radius 2 is 1.84 bits per heavy atom. The molecular formula is C21H22N2O2. The number of benzene rings is 2. The number of aromatic nitrogens is 1. The number of hydrogen-bond donors (Lipinski definition) is 3. The van der Waals surface area contributed by atoms with Gasteiger partial charge in [0.05, 0.1) is 6.04 Å². The standard InChI is InChI=1S/C21H22N2O2/c1-12(2)13-7-9-14(10-8-13)19-20-16(11-18(23-19)21(24)25)15-5-3-4-6-17(15)22-20/h3-10,12,18-19,22-23H,11H2,1-2H3,(H,24,25)/t18-,19+/m1/s1. The van der Waals surface area contributed by atoms with E-state index in [9.17, 15) is 9.90 Å². The molecule has 4 rings (SSSR count). The molecule has 1 aliphatic heterocycles. The average molecular weight is 334 g/mol. The molecule has 0 saturated heterocycles. The first-order valence-corrected chi connectivity index (χ1v) is 8.73. The summed E-state index contributed by atoms with van der Waals surface area (Å²) >= 11 is 0. The van der Waals surface area contributed by atoms with Crippen LogP contribution in [0.4, 0.5) is 0 Å². The number of H-pyrrole nitrogens is 1. The van der Waals surface area contributed by atoms with E-state index in [2.05, 4.69) is 54.5 Å². The van der Waals surface area contributed by atoms with Crippen LogP contribution in [0, 0.1) is 0 Å². The summed E-state index contributed by atoms with van der Waals surface area (Å²) in [6.07, 6.45) is 0.495. The summed E-state index contributed by atoms with van der Waals surface area (Å²) in [6, 6.07) is 15.9. The van der Waals surface area contributed by atoms with Gasteiger partial charge in [-0.15, -0.1) is 0 Å². The van der Waals surface area contributed by atoms with Crippen molar-refractivity contribution < 1.29 is 9.90 Å². The van der Waals surface area contributed by atoms with Gasteiger partial charge < -0.3 is 10.1 Å². The molecule has 3 aromatic rings. The van der Waals surface area contributed by atoms with E-state index in [0.717, 1.165) is 27.7 Å². The van der Waals surface area contributed by atoms with Gasteiger partial charge in [0.2, 0.25) is 0 Å². The highest BCUT2D eigenvalue weighted by Gasteiger charge is 2.33. The van der Waals surface area contributed by atoms with Crippen LogP contribution in [0.3, 0.4) is 0 Å². The van der Waals surface area contributed by atoms with Crippen LogP contribution in [0.5, 0.6) is 0 Å². The molecule has 0 aliphatic carbocycles. The first kappa shape index (κ1) is 15.9. The number of aromatic amines is 1. The van der Waals surface area contributed by atoms with E-state index < -0.39 is 12.0 Å². The van der Waals surface area contributed by atoms with Crippen molar-refractivity contribution in [2.24, 2.45) is 0 Å². The lowest BCUT2D eigenvalue weighted by molar-refractivity contribution is -0.139. The quantitative estimate of drug-likeness (QED) is 0.679. The third-order valence-electron chi connectivity index (χ3n) is 5.15. The van der Waals surface area contributed by atoms with Gasteiger partial charge in [0.1, 0.15) is 6.04 Å². The Morgan fingerprint density at radius 1 is 1.12 bits per heavy atom. The summed E-state index contributed by atoms with van der Waals surface area (Å²) in [4.78, 5) is 15.2. The maximum Gasteiger partial charge on any atom is 0.321 e. The molecule has 2 aromatic carbocycles. The fourth-order valence-corrected chi connectivity index (χ4v) is 3.73. The second-order valence-corrected chi connectivity index (χ2v) is 7.08. The predicted molar refractivity (Wildman–Crippen MR) is 98.9 cm³/mol. The van der Waals surface area contributed by atoms with Gasteiger partial charge in [-0.1, -0.05) is 56.3 Å². The lowest BCUT2D eigenvalue weighted by Crippen LogP contribution is -2.44. The minimum absolute atomic E-state index is 0.140. The summed E-state index contributed by atoms with van der Waals surface area (Å²) in [5, 5.41) is 14.0. The lowest BCUT2D eigenvalue weighted by Gasteiger charge is -2.29. The molecule has 3 N–H and O–H groups in total. The van der Waals surface area contributed by atoms with Gasteiger partial charge >= 0.3 is 5.97 Å². The molecule has 0 unspecified atom stereocenters. The lowest BCUT2D eigenvalue weighted by atomic mass is 9.89. The minimum atomic E-state index is -0.806. The molecule has 0 saturated carbocycles. The molecular weight excluding hydrogens is 312 g/mol. The van der Waals surface area contributed by atoms with Crippen molar-refractivity contribution in [2.75, 3.05) is 0 Å². The molecule has 0 bridgehead atoms. The molecule has 2 atom stereocenters. The van der Waals surface area contributed by atoms with Gasteiger partial charge in [-0.2, -0.15) is 0 Å². The van der Waals surface area contributed by atoms with Crippen molar-refractivity contribution in [3.8, 4) is 0 Å². The fraction of sp³-hybridized carbons (Fsp3) is 0.286. The van der Waals surface area contributed by atoms with Gasteiger partial charge in [-0.3, -0.25) is 10.1 Å². The molecule has 0 amide bonds. The van der Waals surface area contributed by atoms with Crippen molar-refractivity contribution in [1.29, 1.82) is 0 Å². The number of carbonyl (C=O) groups is 1. The SMILES string of the molecule is CC(C)c1ccc([C@@H]2N[C@@H](C(=O)O)Cc3c2[nH]c2ccccc32)cc1. The summed E-state index contributed by atoms with van der Waals surface area (Å²) < 4.78 is 0. The zero-order valence-corrected chi connectivity index (χ0v) is 14.4. The van der Waals surface area contributed by atoms with Crippen LogP contribution >= 0.6 is 0 Å². The topological polar surface area (TPSA) is 65.1 Å². The van der Waals surface area contributed by atoms with Crippen LogP contribution in [-0.2, 0) is 11.2 Å². The number of aliphatic carboxylic acids is 1. The summed E-state index contributed by atoms with van der Waals surface area (Å²) in [5.74, 6) is -0.330. The smallest absolute Gasteiger partial charge is 0.321 e. The number of para-hydroxylation sites is 1. The molecule has 0 radical (unpaired) electrons. The van der Waals surface area contributed by atoms with Crippen LogP contribution in [0.15, 0.2) is 48.5 Å². The molecule has 1 aromatic heterocycles. The number of nitrogens with one attached hydrogen (secondary N) is 2. The Labute approximate surface area is 146 Å². The maximum absolute atomic E-state index is 11.7. The molecule has 4 nitrogen and oxygen atoms in total. The highest BCUT2D eigenvalue weighted by molar-refractivity contribution is 5.87. The second-order valence-electron chi connectivity index (χ2n) is 7.08. The molecule has 1 aliphatic rings. The van der Waals surface area contributed by atoms with Crippen LogP contribution in [0.25, 0.3) is 10.9 Å². The van der Waals surface area contributed by atoms with Crippen LogP contribution in [-0.4, -0.2) is 22.1 Å². The van der Waals surface area contributed by atoms with E-state index in [-0.39, 0.29) is 6.04 Å². The Balaban J connectivity index is 1.83. The van der Waals surface area contributed by atoms with Crippen LogP contribution in [0.2, 0.25) is 0 Å². The Bertz CT molecular complexity index is 925. The number of rotatable bonds is 3. The zero-order valence-electron chi connectivity index (χ0n) is 14.4. The maximum atomic E-state index is 11.7. The number of hydrogen-bond acceptors (Lipinski definition) is 2. The van der Waals surface area contributed by atoms with E-state index in [4.69, 9.17) is 0 Å². The largest absolute Gasteiger partial charge is 0.480 e. The number of carboxylic acid groups (broad SMARTS) is 1. The fourth-order valence-electron chi connectivity index (χ4n) is 3.73. The zero-order chi connectivity index (χ0) is 17.6. The number of fused-ring (bicyclic) bond motifs is 3. The van der Waals surface area contributed by atoms with Crippen molar-refractivity contribution in [3.05, 3.63) is 70.9 Å². The van der Waals surface area contributed by atoms with Crippen molar-refractivity contribution in [3.63, 3.8) is 0 Å². The van der Waals surface area contributed by atoms with Crippen molar-refractivity contribution in [1.82, 2.24) is 10.3 Å². The van der Waals surface area contributed by atoms with Gasteiger partial charge in [-0.05, 0) is 28.7 Å². The van der Waals surface area contributed by atoms with Gasteiger partial charge in [-0.25, -0.2) is 0 Å². The van der Waals surface area contributed by atoms with Gasteiger partial charge in [0.25, 0.3) is 0 Å². The molecule has 2 heterocycles. The Morgan fingerprint density at radius 3 is 2.52 bits per heavy atom. The third kappa shape index (κ3) is 2.72. The summed E-state index contributed by atoms with van der Waals surface area (Å²) in [6.45, 7) is 4.34. The predicted octanol–water partition coefficient (Wildman–Crippen LogP) is 3.98. The molecule has 128 valence electrons. The highest BCUT2D eigenvalue weighted by Crippen LogP contribution is 2.35. The van der Waals surface area contributed by atoms with Gasteiger partial charge in [0.15, 0.2) is 0 Å². The highest BCUT2D eigenvalue weighted by atomic mass is 16.4. The van der Waals surface area contributed by atoms with E-state index in [0.29, 0.717) is 12.3 Å². The summed E-state index contributed by atoms with van der Waals surface area (Å²) in [7, 11) is 0. The van der Waals surface area contributed by atoms with Crippen LogP contribution < -0.4 is 5.32 Å². The normalized spacial score (nSPS) is 20.0. The molecule has 0 fully saturated rings. The number of carboxylic acids is 1. The van der Waals surface area contributed by atoms with Crippen LogP contribution in [0.1, 0.15) is 48.2 Å². The first-order valence-electron chi connectivity index (χ1n) is 8.73. The van der Waals surface area contributed by atoms with E-state index >= 15 is 0 Å².